The molecule has 0 saturated carbocycles. The molecule has 0 unspecified atom stereocenters. The third-order valence-electron chi connectivity index (χ3n) is 2.67. The summed E-state index contributed by atoms with van der Waals surface area (Å²) in [6.45, 7) is 7.00. The van der Waals surface area contributed by atoms with Crippen molar-refractivity contribution in [3.05, 3.63) is 34.9 Å². The topological polar surface area (TPSA) is 35.2 Å². The Bertz CT molecular complexity index is 381. The summed E-state index contributed by atoms with van der Waals surface area (Å²) in [5.74, 6) is 1.43. The summed E-state index contributed by atoms with van der Waals surface area (Å²) < 4.78 is 5.40. The van der Waals surface area contributed by atoms with Gasteiger partial charge in [0.2, 0.25) is 0 Å². The van der Waals surface area contributed by atoms with Crippen molar-refractivity contribution in [1.29, 1.82) is 0 Å². The van der Waals surface area contributed by atoms with Crippen molar-refractivity contribution in [3.63, 3.8) is 0 Å². The molecular formula is C14H21NO. The molecule has 0 aliphatic heterocycles. The van der Waals surface area contributed by atoms with Crippen LogP contribution in [0.15, 0.2) is 18.2 Å². The summed E-state index contributed by atoms with van der Waals surface area (Å²) in [7, 11) is 1.72. The fraction of sp³-hybridized carbons (Fsp3) is 0.429. The molecule has 0 saturated heterocycles. The van der Waals surface area contributed by atoms with Gasteiger partial charge in [0.15, 0.2) is 0 Å². The minimum Gasteiger partial charge on any atom is -0.496 e. The molecule has 1 aromatic carbocycles. The molecule has 16 heavy (non-hydrogen) atoms. The van der Waals surface area contributed by atoms with Crippen molar-refractivity contribution in [2.75, 3.05) is 13.7 Å². The summed E-state index contributed by atoms with van der Waals surface area (Å²) in [6, 6.07) is 4.27. The Hall–Kier alpha value is -1.28. The van der Waals surface area contributed by atoms with E-state index in [-0.39, 0.29) is 0 Å². The van der Waals surface area contributed by atoms with Crippen molar-refractivity contribution < 1.29 is 4.74 Å². The Balaban J connectivity index is 3.22. The van der Waals surface area contributed by atoms with E-state index >= 15 is 0 Å². The quantitative estimate of drug-likeness (QED) is 0.844. The Morgan fingerprint density at radius 1 is 1.38 bits per heavy atom. The first-order valence-corrected chi connectivity index (χ1v) is 5.65. The SMILES string of the molecule is COc1cc(C)c(/C=C/CN)cc1C(C)C. The van der Waals surface area contributed by atoms with Gasteiger partial charge in [-0.15, -0.1) is 0 Å². The van der Waals surface area contributed by atoms with Crippen LogP contribution in [-0.4, -0.2) is 13.7 Å². The first kappa shape index (κ1) is 12.8. The third kappa shape index (κ3) is 2.86. The van der Waals surface area contributed by atoms with E-state index in [1.54, 1.807) is 7.11 Å². The van der Waals surface area contributed by atoms with Gasteiger partial charge in [0, 0.05) is 6.54 Å². The molecule has 0 spiro atoms. The Morgan fingerprint density at radius 2 is 2.06 bits per heavy atom. The molecular weight excluding hydrogens is 198 g/mol. The molecule has 0 bridgehead atoms. The summed E-state index contributed by atoms with van der Waals surface area (Å²) in [4.78, 5) is 0. The highest BCUT2D eigenvalue weighted by atomic mass is 16.5. The molecule has 1 aromatic rings. The lowest BCUT2D eigenvalue weighted by molar-refractivity contribution is 0.407. The fourth-order valence-electron chi connectivity index (χ4n) is 1.72. The van der Waals surface area contributed by atoms with Crippen LogP contribution in [0.5, 0.6) is 5.75 Å². The van der Waals surface area contributed by atoms with E-state index in [0.29, 0.717) is 12.5 Å². The molecule has 0 aromatic heterocycles. The maximum Gasteiger partial charge on any atom is 0.122 e. The second-order valence-corrected chi connectivity index (χ2v) is 4.24. The van der Waals surface area contributed by atoms with Crippen LogP contribution in [0.3, 0.4) is 0 Å². The molecule has 0 heterocycles. The average molecular weight is 219 g/mol. The maximum atomic E-state index is 5.47. The van der Waals surface area contributed by atoms with Gasteiger partial charge in [-0.25, -0.2) is 0 Å². The van der Waals surface area contributed by atoms with Crippen LogP contribution < -0.4 is 10.5 Å². The van der Waals surface area contributed by atoms with E-state index in [1.165, 1.54) is 16.7 Å². The van der Waals surface area contributed by atoms with Gasteiger partial charge in [0.25, 0.3) is 0 Å². The first-order chi connectivity index (χ1) is 7.60. The zero-order chi connectivity index (χ0) is 12.1. The van der Waals surface area contributed by atoms with Crippen LogP contribution in [-0.2, 0) is 0 Å². The number of rotatable bonds is 4. The highest BCUT2D eigenvalue weighted by Crippen LogP contribution is 2.30. The zero-order valence-electron chi connectivity index (χ0n) is 10.6. The molecule has 2 heteroatoms. The molecule has 88 valence electrons. The fourth-order valence-corrected chi connectivity index (χ4v) is 1.72. The van der Waals surface area contributed by atoms with Gasteiger partial charge in [-0.3, -0.25) is 0 Å². The van der Waals surface area contributed by atoms with E-state index in [4.69, 9.17) is 10.5 Å². The summed E-state index contributed by atoms with van der Waals surface area (Å²) in [5.41, 5.74) is 9.14. The second-order valence-electron chi connectivity index (χ2n) is 4.24. The van der Waals surface area contributed by atoms with E-state index in [1.807, 2.05) is 6.08 Å². The van der Waals surface area contributed by atoms with E-state index in [9.17, 15) is 0 Å². The second kappa shape index (κ2) is 5.71. The van der Waals surface area contributed by atoms with Crippen molar-refractivity contribution >= 4 is 6.08 Å². The summed E-state index contributed by atoms with van der Waals surface area (Å²) in [6.07, 6.45) is 4.04. The number of benzene rings is 1. The van der Waals surface area contributed by atoms with Gasteiger partial charge in [-0.2, -0.15) is 0 Å². The predicted molar refractivity (Wildman–Crippen MR) is 69.9 cm³/mol. The van der Waals surface area contributed by atoms with Gasteiger partial charge in [-0.05, 0) is 41.7 Å². The number of hydrogen-bond donors (Lipinski definition) is 1. The van der Waals surface area contributed by atoms with E-state index < -0.39 is 0 Å². The Morgan fingerprint density at radius 3 is 2.56 bits per heavy atom. The lowest BCUT2D eigenvalue weighted by Crippen LogP contribution is -1.97. The number of methoxy groups -OCH3 is 1. The van der Waals surface area contributed by atoms with E-state index in [0.717, 1.165) is 5.75 Å². The molecule has 2 nitrogen and oxygen atoms in total. The largest absolute Gasteiger partial charge is 0.496 e. The highest BCUT2D eigenvalue weighted by Gasteiger charge is 2.09. The summed E-state index contributed by atoms with van der Waals surface area (Å²) >= 11 is 0. The highest BCUT2D eigenvalue weighted by molar-refractivity contribution is 5.58. The minimum atomic E-state index is 0.459. The number of ether oxygens (including phenoxy) is 1. The monoisotopic (exact) mass is 219 g/mol. The minimum absolute atomic E-state index is 0.459. The van der Waals surface area contributed by atoms with Gasteiger partial charge in [-0.1, -0.05) is 26.0 Å². The van der Waals surface area contributed by atoms with Crippen LogP contribution >= 0.6 is 0 Å². The molecule has 2 N–H and O–H groups in total. The van der Waals surface area contributed by atoms with Crippen molar-refractivity contribution in [1.82, 2.24) is 0 Å². The molecule has 0 radical (unpaired) electrons. The van der Waals surface area contributed by atoms with Crippen molar-refractivity contribution in [2.45, 2.75) is 26.7 Å². The standard InChI is InChI=1S/C14H21NO/c1-10(2)13-9-12(6-5-7-15)11(3)8-14(13)16-4/h5-6,8-10H,7,15H2,1-4H3/b6-5+. The van der Waals surface area contributed by atoms with E-state index in [2.05, 4.69) is 39.0 Å². The van der Waals surface area contributed by atoms with Crippen LogP contribution in [0.1, 0.15) is 36.5 Å². The van der Waals surface area contributed by atoms with Crippen LogP contribution in [0.4, 0.5) is 0 Å². The van der Waals surface area contributed by atoms with Crippen molar-refractivity contribution in [3.8, 4) is 5.75 Å². The van der Waals surface area contributed by atoms with Gasteiger partial charge in [0.05, 0.1) is 7.11 Å². The lowest BCUT2D eigenvalue weighted by atomic mass is 9.96. The zero-order valence-corrected chi connectivity index (χ0v) is 10.6. The molecule has 0 aliphatic carbocycles. The third-order valence-corrected chi connectivity index (χ3v) is 2.67. The number of aryl methyl sites for hydroxylation is 1. The van der Waals surface area contributed by atoms with Gasteiger partial charge < -0.3 is 10.5 Å². The number of nitrogens with two attached hydrogens (primary N) is 1. The van der Waals surface area contributed by atoms with Gasteiger partial charge >= 0.3 is 0 Å². The maximum absolute atomic E-state index is 5.47. The molecule has 0 atom stereocenters. The van der Waals surface area contributed by atoms with Crippen LogP contribution in [0.25, 0.3) is 6.08 Å². The Labute approximate surface area is 98.1 Å². The first-order valence-electron chi connectivity index (χ1n) is 5.65. The molecule has 0 aliphatic rings. The Kier molecular flexibility index (Phi) is 4.56. The van der Waals surface area contributed by atoms with Crippen LogP contribution in [0, 0.1) is 6.92 Å². The van der Waals surface area contributed by atoms with Crippen molar-refractivity contribution in [2.24, 2.45) is 5.73 Å². The molecule has 1 rings (SSSR count). The average Bonchev–Trinajstić information content (AvgIpc) is 2.26. The molecule has 0 amide bonds. The number of hydrogen-bond acceptors (Lipinski definition) is 2. The lowest BCUT2D eigenvalue weighted by Gasteiger charge is -2.14. The van der Waals surface area contributed by atoms with Crippen LogP contribution in [0.2, 0.25) is 0 Å². The summed E-state index contributed by atoms with van der Waals surface area (Å²) in [5, 5.41) is 0. The smallest absolute Gasteiger partial charge is 0.122 e. The van der Waals surface area contributed by atoms with Gasteiger partial charge in [0.1, 0.15) is 5.75 Å². The predicted octanol–water partition coefficient (Wildman–Crippen LogP) is 3.10. The normalized spacial score (nSPS) is 11.4. The molecule has 0 fully saturated rings.